The summed E-state index contributed by atoms with van der Waals surface area (Å²) in [6.45, 7) is 0. The predicted molar refractivity (Wildman–Crippen MR) is 77.5 cm³/mol. The second kappa shape index (κ2) is 6.08. The Morgan fingerprint density at radius 1 is 1.11 bits per heavy atom. The van der Waals surface area contributed by atoms with Gasteiger partial charge >= 0.3 is 6.01 Å². The summed E-state index contributed by atoms with van der Waals surface area (Å²) in [5.41, 5.74) is 0. The van der Waals surface area contributed by atoms with E-state index in [9.17, 15) is 0 Å². The monoisotopic (exact) mass is 296 g/mol. The number of anilines is 1. The van der Waals surface area contributed by atoms with Crippen LogP contribution in [0.3, 0.4) is 0 Å². The molecule has 0 saturated carbocycles. The molecule has 0 fully saturated rings. The fourth-order valence-corrected chi connectivity index (χ4v) is 1.87. The summed E-state index contributed by atoms with van der Waals surface area (Å²) in [6.07, 6.45) is 2.02. The van der Waals surface area contributed by atoms with Gasteiger partial charge in [-0.3, -0.25) is 0 Å². The predicted octanol–water partition coefficient (Wildman–Crippen LogP) is 3.11. The lowest BCUT2D eigenvalue weighted by atomic mass is 10.3. The minimum atomic E-state index is 0.106. The Morgan fingerprint density at radius 3 is 2.37 bits per heavy atom. The van der Waals surface area contributed by atoms with Crippen molar-refractivity contribution in [2.75, 3.05) is 25.3 Å². The van der Waals surface area contributed by atoms with Gasteiger partial charge in [-0.15, -0.1) is 11.8 Å². The molecule has 5 nitrogen and oxygen atoms in total. The summed E-state index contributed by atoms with van der Waals surface area (Å²) < 4.78 is 5.57. The number of thioether (sulfide) groups is 1. The smallest absolute Gasteiger partial charge is 0.328 e. The van der Waals surface area contributed by atoms with Crippen molar-refractivity contribution in [2.24, 2.45) is 0 Å². The van der Waals surface area contributed by atoms with Crippen LogP contribution >= 0.6 is 23.4 Å². The number of benzene rings is 1. The number of aromatic nitrogens is 3. The first-order valence-electron chi connectivity index (χ1n) is 5.49. The molecule has 100 valence electrons. The molecule has 0 unspecified atom stereocenters. The van der Waals surface area contributed by atoms with Crippen LogP contribution in [-0.2, 0) is 0 Å². The molecule has 7 heteroatoms. The van der Waals surface area contributed by atoms with Crippen LogP contribution in [0.2, 0.25) is 5.28 Å². The van der Waals surface area contributed by atoms with Gasteiger partial charge in [0.1, 0.15) is 5.75 Å². The Hall–Kier alpha value is -1.53. The summed E-state index contributed by atoms with van der Waals surface area (Å²) in [5.74, 6) is 1.11. The van der Waals surface area contributed by atoms with E-state index in [1.54, 1.807) is 16.7 Å². The van der Waals surface area contributed by atoms with Crippen molar-refractivity contribution in [3.63, 3.8) is 0 Å². The molecule has 0 aliphatic carbocycles. The third kappa shape index (κ3) is 3.71. The van der Waals surface area contributed by atoms with Crippen LogP contribution in [0.4, 0.5) is 5.95 Å². The molecule has 0 spiro atoms. The van der Waals surface area contributed by atoms with Gasteiger partial charge in [0.15, 0.2) is 0 Å². The van der Waals surface area contributed by atoms with Crippen molar-refractivity contribution < 1.29 is 4.74 Å². The van der Waals surface area contributed by atoms with Gasteiger partial charge < -0.3 is 9.64 Å². The highest BCUT2D eigenvalue weighted by atomic mass is 35.5. The molecule has 1 aromatic carbocycles. The van der Waals surface area contributed by atoms with Crippen LogP contribution in [-0.4, -0.2) is 35.3 Å². The molecule has 2 aromatic rings. The highest BCUT2D eigenvalue weighted by Gasteiger charge is 2.08. The number of halogens is 1. The second-order valence-corrected chi connectivity index (χ2v) is 5.08. The lowest BCUT2D eigenvalue weighted by Crippen LogP contribution is -2.13. The van der Waals surface area contributed by atoms with E-state index in [1.165, 1.54) is 0 Å². The standard InChI is InChI=1S/C12H13ClN4OS/c1-17(2)11-14-10(13)15-12(16-11)18-8-4-6-9(19-3)7-5-8/h4-7H,1-3H3. The Balaban J connectivity index is 2.22. The fourth-order valence-electron chi connectivity index (χ4n) is 1.32. The van der Waals surface area contributed by atoms with Crippen LogP contribution in [0.15, 0.2) is 29.2 Å². The van der Waals surface area contributed by atoms with Gasteiger partial charge in [0.05, 0.1) is 0 Å². The van der Waals surface area contributed by atoms with Crippen LogP contribution in [0.5, 0.6) is 11.8 Å². The third-order valence-corrected chi connectivity index (χ3v) is 3.16. The fraction of sp³-hybridized carbons (Fsp3) is 0.250. The van der Waals surface area contributed by atoms with Crippen molar-refractivity contribution >= 4 is 29.3 Å². The minimum Gasteiger partial charge on any atom is -0.424 e. The molecule has 2 rings (SSSR count). The minimum absolute atomic E-state index is 0.106. The van der Waals surface area contributed by atoms with Crippen molar-refractivity contribution in [3.05, 3.63) is 29.5 Å². The number of ether oxygens (including phenoxy) is 1. The summed E-state index contributed by atoms with van der Waals surface area (Å²) >= 11 is 7.50. The van der Waals surface area contributed by atoms with E-state index in [2.05, 4.69) is 15.0 Å². The first-order chi connectivity index (χ1) is 9.08. The molecule has 0 saturated heterocycles. The molecule has 19 heavy (non-hydrogen) atoms. The number of nitrogens with zero attached hydrogens (tertiary/aromatic N) is 4. The first kappa shape index (κ1) is 13.9. The van der Waals surface area contributed by atoms with Gasteiger partial charge in [-0.1, -0.05) is 0 Å². The molecule has 0 N–H and O–H groups in total. The highest BCUT2D eigenvalue weighted by Crippen LogP contribution is 2.23. The highest BCUT2D eigenvalue weighted by molar-refractivity contribution is 7.98. The Bertz CT molecular complexity index is 562. The van der Waals surface area contributed by atoms with Gasteiger partial charge in [-0.25, -0.2) is 0 Å². The molecular weight excluding hydrogens is 284 g/mol. The summed E-state index contributed by atoms with van der Waals surface area (Å²) in [4.78, 5) is 15.0. The van der Waals surface area contributed by atoms with Crippen molar-refractivity contribution in [1.29, 1.82) is 0 Å². The number of rotatable bonds is 4. The molecule has 0 atom stereocenters. The van der Waals surface area contributed by atoms with E-state index >= 15 is 0 Å². The maximum absolute atomic E-state index is 5.84. The normalized spacial score (nSPS) is 10.3. The van der Waals surface area contributed by atoms with Crippen molar-refractivity contribution in [3.8, 4) is 11.8 Å². The maximum atomic E-state index is 5.84. The lowest BCUT2D eigenvalue weighted by Gasteiger charge is -2.11. The summed E-state index contributed by atoms with van der Waals surface area (Å²) in [5, 5.41) is 0.106. The number of hydrogen-bond acceptors (Lipinski definition) is 6. The molecule has 1 heterocycles. The van der Waals surface area contributed by atoms with E-state index in [4.69, 9.17) is 16.3 Å². The van der Waals surface area contributed by atoms with Crippen molar-refractivity contribution in [1.82, 2.24) is 15.0 Å². The van der Waals surface area contributed by atoms with Gasteiger partial charge in [0, 0.05) is 19.0 Å². The first-order valence-corrected chi connectivity index (χ1v) is 7.09. The van der Waals surface area contributed by atoms with E-state index in [1.807, 2.05) is 44.6 Å². The maximum Gasteiger partial charge on any atom is 0.328 e. The van der Waals surface area contributed by atoms with E-state index in [0.29, 0.717) is 11.7 Å². The van der Waals surface area contributed by atoms with Gasteiger partial charge in [-0.05, 0) is 42.1 Å². The van der Waals surface area contributed by atoms with Crippen molar-refractivity contribution in [2.45, 2.75) is 4.90 Å². The second-order valence-electron chi connectivity index (χ2n) is 3.86. The van der Waals surface area contributed by atoms with E-state index < -0.39 is 0 Å². The van der Waals surface area contributed by atoms with E-state index in [0.717, 1.165) is 4.90 Å². The zero-order valence-corrected chi connectivity index (χ0v) is 12.4. The molecule has 0 bridgehead atoms. The summed E-state index contributed by atoms with van der Waals surface area (Å²) in [7, 11) is 3.64. The van der Waals surface area contributed by atoms with Crippen LogP contribution in [0.1, 0.15) is 0 Å². The average Bonchev–Trinajstić information content (AvgIpc) is 2.39. The molecular formula is C12H13ClN4OS. The largest absolute Gasteiger partial charge is 0.424 e. The van der Waals surface area contributed by atoms with Crippen LogP contribution in [0.25, 0.3) is 0 Å². The Labute approximate surface area is 121 Å². The molecule has 1 aromatic heterocycles. The topological polar surface area (TPSA) is 51.1 Å². The third-order valence-electron chi connectivity index (χ3n) is 2.24. The van der Waals surface area contributed by atoms with Gasteiger partial charge in [0.2, 0.25) is 11.2 Å². The van der Waals surface area contributed by atoms with Gasteiger partial charge in [-0.2, -0.15) is 15.0 Å². The lowest BCUT2D eigenvalue weighted by molar-refractivity contribution is 0.439. The Morgan fingerprint density at radius 2 is 1.79 bits per heavy atom. The quantitative estimate of drug-likeness (QED) is 0.808. The van der Waals surface area contributed by atoms with Crippen LogP contribution in [0, 0.1) is 0 Å². The summed E-state index contributed by atoms with van der Waals surface area (Å²) in [6, 6.07) is 7.84. The van der Waals surface area contributed by atoms with Crippen LogP contribution < -0.4 is 9.64 Å². The zero-order valence-electron chi connectivity index (χ0n) is 10.8. The Kier molecular flexibility index (Phi) is 4.44. The van der Waals surface area contributed by atoms with E-state index in [-0.39, 0.29) is 11.3 Å². The number of hydrogen-bond donors (Lipinski definition) is 0. The molecule has 0 amide bonds. The van der Waals surface area contributed by atoms with Gasteiger partial charge in [0.25, 0.3) is 0 Å². The molecule has 0 radical (unpaired) electrons. The average molecular weight is 297 g/mol. The molecule has 0 aliphatic rings. The zero-order chi connectivity index (χ0) is 13.8. The SMILES string of the molecule is CSc1ccc(Oc2nc(Cl)nc(N(C)C)n2)cc1. The molecule has 0 aliphatic heterocycles.